The number of nitrogens with zero attached hydrogens (tertiary/aromatic N) is 2. The number of hydroxylamine groups is 2. The fraction of sp³-hybridized carbons (Fsp3) is 0.435. The van der Waals surface area contributed by atoms with Crippen LogP contribution in [0.5, 0.6) is 5.75 Å². The monoisotopic (exact) mass is 490 g/mol. The third-order valence-corrected chi connectivity index (χ3v) is 4.87. The molecule has 0 N–H and O–H groups in total. The van der Waals surface area contributed by atoms with Gasteiger partial charge in [0, 0.05) is 25.0 Å². The minimum Gasteiger partial charge on any atom is -0.491 e. The Labute approximate surface area is 201 Å². The molecule has 12 heteroatoms. The summed E-state index contributed by atoms with van der Waals surface area (Å²) in [6, 6.07) is 6.08. The average molecular weight is 490 g/mol. The lowest BCUT2D eigenvalue weighted by Gasteiger charge is -2.13. The average Bonchev–Trinajstić information content (AvgIpc) is 3.35. The summed E-state index contributed by atoms with van der Waals surface area (Å²) in [6.45, 7) is 2.49. The van der Waals surface area contributed by atoms with E-state index in [1.165, 1.54) is 24.3 Å². The van der Waals surface area contributed by atoms with E-state index in [-0.39, 0.29) is 50.0 Å². The fourth-order valence-corrected chi connectivity index (χ4v) is 3.05. The second-order valence-electron chi connectivity index (χ2n) is 7.33. The van der Waals surface area contributed by atoms with Crippen molar-refractivity contribution in [3.05, 3.63) is 42.0 Å². The summed E-state index contributed by atoms with van der Waals surface area (Å²) in [7, 11) is 0. The zero-order valence-corrected chi connectivity index (χ0v) is 19.0. The smallest absolute Gasteiger partial charge is 0.363 e. The van der Waals surface area contributed by atoms with E-state index in [1.54, 1.807) is 12.1 Å². The highest BCUT2D eigenvalue weighted by Crippen LogP contribution is 2.16. The number of imide groups is 2. The van der Waals surface area contributed by atoms with Gasteiger partial charge in [-0.3, -0.25) is 24.1 Å². The van der Waals surface area contributed by atoms with Crippen LogP contribution < -0.4 is 4.74 Å². The molecule has 3 rings (SSSR count). The van der Waals surface area contributed by atoms with Crippen LogP contribution in [0, 0.1) is 0 Å². The van der Waals surface area contributed by atoms with Crippen molar-refractivity contribution < 1.29 is 47.8 Å². The predicted octanol–water partition coefficient (Wildman–Crippen LogP) is 0.261. The molecular formula is C23H26N2O10. The zero-order valence-electron chi connectivity index (χ0n) is 19.0. The SMILES string of the molecule is O=C(ON1C(=O)CCC1=O)c1ccc(OCCOCCOCCOCCN2C(=O)C=CC2=O)cc1. The molecule has 0 bridgehead atoms. The van der Waals surface area contributed by atoms with Crippen LogP contribution in [0.4, 0.5) is 0 Å². The molecule has 0 radical (unpaired) electrons. The van der Waals surface area contributed by atoms with Crippen molar-refractivity contribution in [3.8, 4) is 5.75 Å². The molecule has 2 heterocycles. The van der Waals surface area contributed by atoms with Crippen LogP contribution in [0.2, 0.25) is 0 Å². The number of ether oxygens (including phenoxy) is 4. The molecule has 35 heavy (non-hydrogen) atoms. The maximum Gasteiger partial charge on any atom is 0.363 e. The lowest BCUT2D eigenvalue weighted by Crippen LogP contribution is -2.33. The first kappa shape index (κ1) is 26.0. The zero-order chi connectivity index (χ0) is 25.0. The molecule has 1 aromatic carbocycles. The summed E-state index contributed by atoms with van der Waals surface area (Å²) in [6.07, 6.45) is 2.53. The summed E-state index contributed by atoms with van der Waals surface area (Å²) in [5, 5.41) is 0.501. The van der Waals surface area contributed by atoms with E-state index in [4.69, 9.17) is 23.8 Å². The van der Waals surface area contributed by atoms with Crippen LogP contribution in [-0.4, -0.2) is 92.4 Å². The van der Waals surface area contributed by atoms with Crippen molar-refractivity contribution in [1.29, 1.82) is 0 Å². The summed E-state index contributed by atoms with van der Waals surface area (Å²) >= 11 is 0. The third kappa shape index (κ3) is 7.98. The van der Waals surface area contributed by atoms with Gasteiger partial charge in [0.1, 0.15) is 12.4 Å². The quantitative estimate of drug-likeness (QED) is 0.249. The van der Waals surface area contributed by atoms with E-state index in [0.717, 1.165) is 4.90 Å². The molecule has 4 amide bonds. The Kier molecular flexibility index (Phi) is 9.90. The molecule has 2 aliphatic heterocycles. The summed E-state index contributed by atoms with van der Waals surface area (Å²) in [4.78, 5) is 63.8. The number of rotatable bonds is 15. The Morgan fingerprint density at radius 1 is 0.714 bits per heavy atom. The van der Waals surface area contributed by atoms with Gasteiger partial charge in [0.2, 0.25) is 0 Å². The van der Waals surface area contributed by atoms with E-state index in [2.05, 4.69) is 0 Å². The molecule has 0 aromatic heterocycles. The van der Waals surface area contributed by atoms with Gasteiger partial charge in [-0.05, 0) is 24.3 Å². The van der Waals surface area contributed by atoms with Crippen LogP contribution >= 0.6 is 0 Å². The summed E-state index contributed by atoms with van der Waals surface area (Å²) in [5.74, 6) is -2.02. The van der Waals surface area contributed by atoms with Crippen molar-refractivity contribution in [2.45, 2.75) is 12.8 Å². The Bertz CT molecular complexity index is 926. The molecule has 0 atom stereocenters. The van der Waals surface area contributed by atoms with Gasteiger partial charge in [0.15, 0.2) is 0 Å². The predicted molar refractivity (Wildman–Crippen MR) is 117 cm³/mol. The first-order chi connectivity index (χ1) is 17.0. The lowest BCUT2D eigenvalue weighted by atomic mass is 10.2. The Balaban J connectivity index is 1.16. The minimum atomic E-state index is -0.803. The Morgan fingerprint density at radius 2 is 1.23 bits per heavy atom. The standard InChI is InChI=1S/C23H26N2O10/c26-19-5-6-20(27)24(19)9-10-31-11-12-32-13-14-33-15-16-34-18-3-1-17(2-4-18)23(30)35-25-21(28)7-8-22(25)29/h1-6H,7-16H2. The van der Waals surface area contributed by atoms with Gasteiger partial charge >= 0.3 is 5.97 Å². The second kappa shape index (κ2) is 13.3. The molecule has 1 aromatic rings. The van der Waals surface area contributed by atoms with Gasteiger partial charge in [0.25, 0.3) is 23.6 Å². The molecule has 1 saturated heterocycles. The maximum absolute atomic E-state index is 12.1. The highest BCUT2D eigenvalue weighted by Gasteiger charge is 2.33. The number of carbonyl (C=O) groups is 5. The minimum absolute atomic E-state index is 0.0345. The van der Waals surface area contributed by atoms with Crippen LogP contribution in [0.3, 0.4) is 0 Å². The van der Waals surface area contributed by atoms with Gasteiger partial charge in [-0.15, -0.1) is 5.06 Å². The maximum atomic E-state index is 12.1. The molecular weight excluding hydrogens is 464 g/mol. The molecule has 0 aliphatic carbocycles. The molecule has 2 aliphatic rings. The molecule has 1 fully saturated rings. The van der Waals surface area contributed by atoms with Crippen molar-refractivity contribution >= 4 is 29.6 Å². The number of hydrogen-bond acceptors (Lipinski definition) is 10. The van der Waals surface area contributed by atoms with E-state index < -0.39 is 17.8 Å². The van der Waals surface area contributed by atoms with E-state index in [0.29, 0.717) is 43.8 Å². The molecule has 0 saturated carbocycles. The van der Waals surface area contributed by atoms with Gasteiger partial charge in [-0.1, -0.05) is 0 Å². The third-order valence-electron chi connectivity index (χ3n) is 4.87. The van der Waals surface area contributed by atoms with Gasteiger partial charge < -0.3 is 23.8 Å². The molecule has 0 spiro atoms. The Morgan fingerprint density at radius 3 is 1.80 bits per heavy atom. The van der Waals surface area contributed by atoms with Crippen molar-refractivity contribution in [2.75, 3.05) is 52.8 Å². The van der Waals surface area contributed by atoms with E-state index in [9.17, 15) is 24.0 Å². The van der Waals surface area contributed by atoms with E-state index >= 15 is 0 Å². The highest BCUT2D eigenvalue weighted by atomic mass is 16.7. The normalized spacial score (nSPS) is 15.4. The van der Waals surface area contributed by atoms with Crippen LogP contribution in [0.25, 0.3) is 0 Å². The van der Waals surface area contributed by atoms with Gasteiger partial charge in [0.05, 0.1) is 51.7 Å². The number of carbonyl (C=O) groups excluding carboxylic acids is 5. The topological polar surface area (TPSA) is 138 Å². The lowest BCUT2D eigenvalue weighted by molar-refractivity contribution is -0.172. The summed E-state index contributed by atoms with van der Waals surface area (Å²) in [5.41, 5.74) is 0.178. The second-order valence-corrected chi connectivity index (χ2v) is 7.33. The first-order valence-electron chi connectivity index (χ1n) is 11.0. The van der Waals surface area contributed by atoms with Crippen molar-refractivity contribution in [3.63, 3.8) is 0 Å². The van der Waals surface area contributed by atoms with Crippen LogP contribution in [0.1, 0.15) is 23.2 Å². The number of hydrogen-bond donors (Lipinski definition) is 0. The van der Waals surface area contributed by atoms with E-state index in [1.807, 2.05) is 0 Å². The van der Waals surface area contributed by atoms with Crippen LogP contribution in [-0.2, 0) is 38.2 Å². The Hall–Kier alpha value is -3.61. The largest absolute Gasteiger partial charge is 0.491 e. The van der Waals surface area contributed by atoms with Crippen LogP contribution in [0.15, 0.2) is 36.4 Å². The number of amides is 4. The highest BCUT2D eigenvalue weighted by molar-refractivity contribution is 6.12. The first-order valence-corrected chi connectivity index (χ1v) is 11.0. The number of benzene rings is 1. The summed E-state index contributed by atoms with van der Waals surface area (Å²) < 4.78 is 21.6. The molecule has 0 unspecified atom stereocenters. The van der Waals surface area contributed by atoms with Gasteiger partial charge in [-0.25, -0.2) is 4.79 Å². The molecule has 12 nitrogen and oxygen atoms in total. The van der Waals surface area contributed by atoms with Gasteiger partial charge in [-0.2, -0.15) is 0 Å². The van der Waals surface area contributed by atoms with Crippen molar-refractivity contribution in [1.82, 2.24) is 9.96 Å². The fourth-order valence-electron chi connectivity index (χ4n) is 3.05. The molecule has 188 valence electrons. The van der Waals surface area contributed by atoms with Crippen molar-refractivity contribution in [2.24, 2.45) is 0 Å².